The first-order chi connectivity index (χ1) is 12.3. The van der Waals surface area contributed by atoms with E-state index >= 15 is 0 Å². The molecule has 10 heteroatoms. The van der Waals surface area contributed by atoms with Crippen molar-refractivity contribution in [2.45, 2.75) is 19.4 Å². The molecule has 0 radical (unpaired) electrons. The summed E-state index contributed by atoms with van der Waals surface area (Å²) in [6, 6.07) is -0.949. The van der Waals surface area contributed by atoms with Crippen molar-refractivity contribution in [2.24, 2.45) is 5.92 Å². The zero-order chi connectivity index (χ0) is 19.9. The molecule has 0 aliphatic carbocycles. The second-order valence-corrected chi connectivity index (χ2v) is 7.24. The standard InChI is InChI=1S/C16H32N4O5S/c1-12(11-26-9-7-18-16(24)25-4)14(22)19-13(10-21)15(23)17-6-5-8-20(2)3/h12-13,21H,5-11H2,1-4H3,(H,17,23)(H,18,24)(H,19,22)/t12-,13-/m0/s1. The largest absolute Gasteiger partial charge is 0.453 e. The van der Waals surface area contributed by atoms with Crippen LogP contribution < -0.4 is 16.0 Å². The molecule has 0 rings (SSSR count). The fourth-order valence-electron chi connectivity index (χ4n) is 1.87. The second-order valence-electron chi connectivity index (χ2n) is 6.09. The van der Waals surface area contributed by atoms with Gasteiger partial charge in [0.15, 0.2) is 0 Å². The van der Waals surface area contributed by atoms with Crippen molar-refractivity contribution in [1.82, 2.24) is 20.9 Å². The smallest absolute Gasteiger partial charge is 0.406 e. The first kappa shape index (κ1) is 24.5. The Morgan fingerprint density at radius 2 is 1.85 bits per heavy atom. The highest BCUT2D eigenvalue weighted by Crippen LogP contribution is 2.08. The Kier molecular flexibility index (Phi) is 13.8. The molecule has 0 spiro atoms. The summed E-state index contributed by atoms with van der Waals surface area (Å²) >= 11 is 1.51. The summed E-state index contributed by atoms with van der Waals surface area (Å²) in [5, 5.41) is 17.2. The Morgan fingerprint density at radius 1 is 1.15 bits per heavy atom. The summed E-state index contributed by atoms with van der Waals surface area (Å²) in [5.74, 6) is 0.177. The Labute approximate surface area is 159 Å². The molecule has 0 aromatic carbocycles. The van der Waals surface area contributed by atoms with E-state index in [-0.39, 0.29) is 17.7 Å². The summed E-state index contributed by atoms with van der Waals surface area (Å²) in [5.41, 5.74) is 0. The van der Waals surface area contributed by atoms with Crippen LogP contribution >= 0.6 is 11.8 Å². The van der Waals surface area contributed by atoms with E-state index in [9.17, 15) is 19.5 Å². The number of thioether (sulfide) groups is 1. The number of ether oxygens (including phenoxy) is 1. The Morgan fingerprint density at radius 3 is 2.42 bits per heavy atom. The third-order valence-electron chi connectivity index (χ3n) is 3.41. The average Bonchev–Trinajstić information content (AvgIpc) is 2.61. The van der Waals surface area contributed by atoms with Gasteiger partial charge in [0.1, 0.15) is 6.04 Å². The lowest BCUT2D eigenvalue weighted by atomic mass is 10.2. The van der Waals surface area contributed by atoms with E-state index in [1.54, 1.807) is 6.92 Å². The lowest BCUT2D eigenvalue weighted by molar-refractivity contribution is -0.131. The number of hydrogen-bond donors (Lipinski definition) is 4. The van der Waals surface area contributed by atoms with E-state index in [0.717, 1.165) is 13.0 Å². The van der Waals surface area contributed by atoms with Gasteiger partial charge in [0.2, 0.25) is 11.8 Å². The van der Waals surface area contributed by atoms with Crippen molar-refractivity contribution in [3.8, 4) is 0 Å². The van der Waals surface area contributed by atoms with Gasteiger partial charge in [0.05, 0.1) is 13.7 Å². The van der Waals surface area contributed by atoms with Crippen LogP contribution in [0.4, 0.5) is 4.79 Å². The SMILES string of the molecule is COC(=O)NCCSC[C@H](C)C(=O)N[C@@H](CO)C(=O)NCCCN(C)C. The zero-order valence-electron chi connectivity index (χ0n) is 16.0. The molecular formula is C16H32N4O5S. The zero-order valence-corrected chi connectivity index (χ0v) is 16.9. The quantitative estimate of drug-likeness (QED) is 0.305. The van der Waals surface area contributed by atoms with E-state index in [1.807, 2.05) is 19.0 Å². The van der Waals surface area contributed by atoms with Gasteiger partial charge in [-0.1, -0.05) is 6.92 Å². The molecule has 0 aliphatic heterocycles. The minimum atomic E-state index is -0.949. The molecule has 2 atom stereocenters. The number of carbonyl (C=O) groups excluding carboxylic acids is 3. The molecule has 0 aromatic heterocycles. The molecule has 4 N–H and O–H groups in total. The van der Waals surface area contributed by atoms with Crippen LogP contribution in [0, 0.1) is 5.92 Å². The topological polar surface area (TPSA) is 120 Å². The number of rotatable bonds is 13. The predicted octanol–water partition coefficient (Wildman–Crippen LogP) is -0.743. The molecule has 0 bridgehead atoms. The van der Waals surface area contributed by atoms with Gasteiger partial charge in [0.25, 0.3) is 0 Å². The fourth-order valence-corrected chi connectivity index (χ4v) is 2.79. The van der Waals surface area contributed by atoms with Crippen LogP contribution in [-0.4, -0.2) is 92.9 Å². The van der Waals surface area contributed by atoms with Gasteiger partial charge in [-0.05, 0) is 27.1 Å². The maximum Gasteiger partial charge on any atom is 0.406 e. The average molecular weight is 393 g/mol. The van der Waals surface area contributed by atoms with Crippen LogP contribution in [0.25, 0.3) is 0 Å². The number of alkyl carbamates (subject to hydrolysis) is 1. The van der Waals surface area contributed by atoms with Crippen molar-refractivity contribution < 1.29 is 24.2 Å². The number of aliphatic hydroxyl groups excluding tert-OH is 1. The number of amides is 3. The van der Waals surface area contributed by atoms with E-state index in [2.05, 4.69) is 20.7 Å². The highest BCUT2D eigenvalue weighted by Gasteiger charge is 2.22. The molecule has 0 aliphatic rings. The monoisotopic (exact) mass is 392 g/mol. The highest BCUT2D eigenvalue weighted by molar-refractivity contribution is 7.99. The number of nitrogens with one attached hydrogen (secondary N) is 3. The Bertz CT molecular complexity index is 437. The second kappa shape index (κ2) is 14.6. The Balaban J connectivity index is 4.06. The number of nitrogens with zero attached hydrogens (tertiary/aromatic N) is 1. The predicted molar refractivity (Wildman–Crippen MR) is 102 cm³/mol. The van der Waals surface area contributed by atoms with Gasteiger partial charge < -0.3 is 30.7 Å². The first-order valence-electron chi connectivity index (χ1n) is 8.55. The molecule has 0 saturated carbocycles. The summed E-state index contributed by atoms with van der Waals surface area (Å²) in [6.07, 6.45) is 0.302. The maximum atomic E-state index is 12.1. The van der Waals surface area contributed by atoms with Gasteiger partial charge in [-0.25, -0.2) is 4.79 Å². The third-order valence-corrected chi connectivity index (χ3v) is 4.64. The molecule has 0 heterocycles. The molecule has 0 aromatic rings. The molecule has 26 heavy (non-hydrogen) atoms. The third kappa shape index (κ3) is 11.9. The van der Waals surface area contributed by atoms with E-state index in [4.69, 9.17) is 0 Å². The van der Waals surface area contributed by atoms with E-state index in [1.165, 1.54) is 18.9 Å². The number of hydrogen-bond acceptors (Lipinski definition) is 7. The molecule has 0 unspecified atom stereocenters. The van der Waals surface area contributed by atoms with Crippen molar-refractivity contribution in [2.75, 3.05) is 59.0 Å². The van der Waals surface area contributed by atoms with Crippen LogP contribution in [0.15, 0.2) is 0 Å². The fraction of sp³-hybridized carbons (Fsp3) is 0.812. The number of aliphatic hydroxyl groups is 1. The van der Waals surface area contributed by atoms with Crippen molar-refractivity contribution in [3.63, 3.8) is 0 Å². The Hall–Kier alpha value is -1.52. The molecule has 9 nitrogen and oxygen atoms in total. The molecule has 152 valence electrons. The summed E-state index contributed by atoms with van der Waals surface area (Å²) < 4.78 is 4.45. The summed E-state index contributed by atoms with van der Waals surface area (Å²) in [4.78, 5) is 37.1. The molecule has 0 saturated heterocycles. The first-order valence-corrected chi connectivity index (χ1v) is 9.70. The minimum absolute atomic E-state index is 0.291. The van der Waals surface area contributed by atoms with Crippen LogP contribution in [0.5, 0.6) is 0 Å². The van der Waals surface area contributed by atoms with Gasteiger partial charge in [-0.2, -0.15) is 11.8 Å². The highest BCUT2D eigenvalue weighted by atomic mass is 32.2. The summed E-state index contributed by atoms with van der Waals surface area (Å²) in [7, 11) is 5.19. The molecular weight excluding hydrogens is 360 g/mol. The van der Waals surface area contributed by atoms with Crippen LogP contribution in [0.3, 0.4) is 0 Å². The van der Waals surface area contributed by atoms with Crippen molar-refractivity contribution in [3.05, 3.63) is 0 Å². The van der Waals surface area contributed by atoms with Gasteiger partial charge in [-0.3, -0.25) is 9.59 Å². The van der Waals surface area contributed by atoms with Gasteiger partial charge in [0, 0.05) is 30.5 Å². The van der Waals surface area contributed by atoms with E-state index in [0.29, 0.717) is 24.6 Å². The van der Waals surface area contributed by atoms with Crippen LogP contribution in [-0.2, 0) is 14.3 Å². The van der Waals surface area contributed by atoms with Gasteiger partial charge in [-0.15, -0.1) is 0 Å². The van der Waals surface area contributed by atoms with Crippen LogP contribution in [0.2, 0.25) is 0 Å². The summed E-state index contributed by atoms with van der Waals surface area (Å²) in [6.45, 7) is 3.07. The maximum absolute atomic E-state index is 12.1. The number of methoxy groups -OCH3 is 1. The lowest BCUT2D eigenvalue weighted by Crippen LogP contribution is -2.50. The van der Waals surface area contributed by atoms with Crippen LogP contribution in [0.1, 0.15) is 13.3 Å². The number of carbonyl (C=O) groups is 3. The molecule has 0 fully saturated rings. The van der Waals surface area contributed by atoms with Gasteiger partial charge >= 0.3 is 6.09 Å². The van der Waals surface area contributed by atoms with E-state index < -0.39 is 18.7 Å². The van der Waals surface area contributed by atoms with Crippen molar-refractivity contribution in [1.29, 1.82) is 0 Å². The lowest BCUT2D eigenvalue weighted by Gasteiger charge is -2.19. The van der Waals surface area contributed by atoms with Crippen molar-refractivity contribution >= 4 is 29.7 Å². The molecule has 3 amide bonds. The normalized spacial score (nSPS) is 13.0. The minimum Gasteiger partial charge on any atom is -0.453 e.